The number of hydrogen-bond donors (Lipinski definition) is 0. The van der Waals surface area contributed by atoms with Crippen LogP contribution in [0.1, 0.15) is 5.56 Å². The Hall–Kier alpha value is -2.12. The Balaban J connectivity index is 2.46. The van der Waals surface area contributed by atoms with Gasteiger partial charge in [0.1, 0.15) is 0 Å². The Morgan fingerprint density at radius 3 is 2.67 bits per heavy atom. The Morgan fingerprint density at radius 1 is 1.39 bits per heavy atom. The van der Waals surface area contributed by atoms with Crippen LogP contribution in [0.3, 0.4) is 0 Å². The highest BCUT2D eigenvalue weighted by molar-refractivity contribution is 6.32. The molecule has 0 saturated carbocycles. The van der Waals surface area contributed by atoms with Crippen LogP contribution in [0.5, 0.6) is 0 Å². The molecular formula is C13H10ClN3O. The van der Waals surface area contributed by atoms with Gasteiger partial charge >= 0.3 is 0 Å². The molecule has 1 aromatic heterocycles. The lowest BCUT2D eigenvalue weighted by Crippen LogP contribution is -2.18. The summed E-state index contributed by atoms with van der Waals surface area (Å²) in [6, 6.07) is 10.9. The lowest BCUT2D eigenvalue weighted by atomic mass is 10.1. The molecule has 0 unspecified atom stereocenters. The topological polar surface area (TPSA) is 58.7 Å². The first-order chi connectivity index (χ1) is 8.61. The number of rotatable bonds is 2. The summed E-state index contributed by atoms with van der Waals surface area (Å²) in [6.45, 7) is 0. The van der Waals surface area contributed by atoms with Crippen molar-refractivity contribution in [3.63, 3.8) is 0 Å². The average Bonchev–Trinajstić information content (AvgIpc) is 2.35. The molecule has 0 saturated heterocycles. The molecule has 2 aromatic rings. The number of benzene rings is 1. The van der Waals surface area contributed by atoms with Crippen molar-refractivity contribution in [3.05, 3.63) is 51.4 Å². The van der Waals surface area contributed by atoms with Gasteiger partial charge in [-0.15, -0.1) is 0 Å². The summed E-state index contributed by atoms with van der Waals surface area (Å²) in [4.78, 5) is 11.5. The zero-order valence-electron chi connectivity index (χ0n) is 9.72. The quantitative estimate of drug-likeness (QED) is 0.830. The summed E-state index contributed by atoms with van der Waals surface area (Å²) in [5, 5.41) is 12.8. The summed E-state index contributed by atoms with van der Waals surface area (Å²) < 4.78 is 1.19. The molecule has 2 rings (SSSR count). The van der Waals surface area contributed by atoms with Crippen molar-refractivity contribution in [3.8, 4) is 17.2 Å². The third kappa shape index (κ3) is 2.41. The Morgan fingerprint density at radius 2 is 2.06 bits per heavy atom. The van der Waals surface area contributed by atoms with Gasteiger partial charge in [0, 0.05) is 18.7 Å². The molecule has 0 aliphatic rings. The van der Waals surface area contributed by atoms with E-state index in [0.717, 1.165) is 11.1 Å². The molecule has 0 atom stereocenters. The molecule has 0 aliphatic heterocycles. The van der Waals surface area contributed by atoms with Gasteiger partial charge in [-0.2, -0.15) is 10.4 Å². The van der Waals surface area contributed by atoms with Crippen LogP contribution in [-0.4, -0.2) is 9.78 Å². The van der Waals surface area contributed by atoms with Crippen LogP contribution < -0.4 is 5.56 Å². The van der Waals surface area contributed by atoms with E-state index < -0.39 is 0 Å². The zero-order chi connectivity index (χ0) is 13.1. The lowest BCUT2D eigenvalue weighted by Gasteiger charge is -2.05. The van der Waals surface area contributed by atoms with Crippen LogP contribution in [0, 0.1) is 11.3 Å². The predicted octanol–water partition coefficient (Wildman–Crippen LogP) is 2.17. The average molecular weight is 260 g/mol. The van der Waals surface area contributed by atoms with E-state index in [1.807, 2.05) is 24.3 Å². The molecule has 1 heterocycles. The number of nitriles is 1. The monoisotopic (exact) mass is 259 g/mol. The largest absolute Gasteiger partial charge is 0.268 e. The minimum Gasteiger partial charge on any atom is -0.268 e. The van der Waals surface area contributed by atoms with Crippen molar-refractivity contribution in [1.29, 1.82) is 5.26 Å². The second-order valence-corrected chi connectivity index (χ2v) is 4.20. The molecule has 4 nitrogen and oxygen atoms in total. The molecule has 0 fully saturated rings. The van der Waals surface area contributed by atoms with Crippen molar-refractivity contribution in [1.82, 2.24) is 9.78 Å². The van der Waals surface area contributed by atoms with Gasteiger partial charge in [0.2, 0.25) is 0 Å². The number of nitrogens with zero attached hydrogens (tertiary/aromatic N) is 3. The van der Waals surface area contributed by atoms with Crippen LogP contribution in [0.2, 0.25) is 5.15 Å². The number of halogens is 1. The maximum absolute atomic E-state index is 11.5. The highest BCUT2D eigenvalue weighted by Crippen LogP contribution is 2.24. The van der Waals surface area contributed by atoms with Crippen LogP contribution in [0.25, 0.3) is 11.1 Å². The highest BCUT2D eigenvalue weighted by atomic mass is 35.5. The predicted molar refractivity (Wildman–Crippen MR) is 69.2 cm³/mol. The van der Waals surface area contributed by atoms with E-state index in [-0.39, 0.29) is 10.7 Å². The highest BCUT2D eigenvalue weighted by Gasteiger charge is 2.07. The second-order valence-electron chi connectivity index (χ2n) is 3.84. The van der Waals surface area contributed by atoms with Crippen molar-refractivity contribution in [2.24, 2.45) is 7.05 Å². The van der Waals surface area contributed by atoms with E-state index in [4.69, 9.17) is 16.9 Å². The van der Waals surface area contributed by atoms with E-state index in [9.17, 15) is 4.79 Å². The summed E-state index contributed by atoms with van der Waals surface area (Å²) in [5.74, 6) is 0. The standard InChI is InChI=1S/C13H10ClN3O/c1-17-12(18)8-11(13(14)16-17)10-4-2-9(3-5-10)6-7-15/h2-5,8H,6H2,1H3. The Labute approximate surface area is 109 Å². The molecule has 0 spiro atoms. The molecular weight excluding hydrogens is 250 g/mol. The minimum absolute atomic E-state index is 0.212. The molecule has 0 bridgehead atoms. The van der Waals surface area contributed by atoms with Gasteiger partial charge < -0.3 is 0 Å². The van der Waals surface area contributed by atoms with Crippen molar-refractivity contribution in [2.75, 3.05) is 0 Å². The molecule has 0 aliphatic carbocycles. The van der Waals surface area contributed by atoms with Gasteiger partial charge in [0.05, 0.1) is 12.5 Å². The third-order valence-electron chi connectivity index (χ3n) is 2.59. The Kier molecular flexibility index (Phi) is 3.45. The molecule has 18 heavy (non-hydrogen) atoms. The van der Waals surface area contributed by atoms with Crippen LogP contribution in [-0.2, 0) is 13.5 Å². The van der Waals surface area contributed by atoms with Gasteiger partial charge in [-0.25, -0.2) is 4.68 Å². The molecule has 0 amide bonds. The van der Waals surface area contributed by atoms with Crippen LogP contribution in [0.4, 0.5) is 0 Å². The first-order valence-corrected chi connectivity index (χ1v) is 5.69. The van der Waals surface area contributed by atoms with Gasteiger partial charge in [-0.3, -0.25) is 4.79 Å². The fourth-order valence-corrected chi connectivity index (χ4v) is 1.88. The fourth-order valence-electron chi connectivity index (χ4n) is 1.61. The molecule has 5 heteroatoms. The molecule has 0 N–H and O–H groups in total. The maximum atomic E-state index is 11.5. The van der Waals surface area contributed by atoms with Gasteiger partial charge in [0.15, 0.2) is 5.15 Å². The van der Waals surface area contributed by atoms with E-state index in [1.54, 1.807) is 7.05 Å². The summed E-state index contributed by atoms with van der Waals surface area (Å²) in [6.07, 6.45) is 0.364. The van der Waals surface area contributed by atoms with E-state index in [0.29, 0.717) is 12.0 Å². The zero-order valence-corrected chi connectivity index (χ0v) is 10.5. The second kappa shape index (κ2) is 5.03. The number of aryl methyl sites for hydroxylation is 1. The Bertz CT molecular complexity index is 668. The summed E-state index contributed by atoms with van der Waals surface area (Å²) in [5.41, 5.74) is 2.12. The van der Waals surface area contributed by atoms with Crippen molar-refractivity contribution in [2.45, 2.75) is 6.42 Å². The first kappa shape index (κ1) is 12.3. The van der Waals surface area contributed by atoms with Crippen LogP contribution in [0.15, 0.2) is 35.1 Å². The van der Waals surface area contributed by atoms with E-state index in [2.05, 4.69) is 11.2 Å². The van der Waals surface area contributed by atoms with Crippen molar-refractivity contribution < 1.29 is 0 Å². The normalized spacial score (nSPS) is 10.1. The summed E-state index contributed by atoms with van der Waals surface area (Å²) >= 11 is 6.01. The van der Waals surface area contributed by atoms with E-state index in [1.165, 1.54) is 10.7 Å². The molecule has 0 radical (unpaired) electrons. The van der Waals surface area contributed by atoms with Crippen molar-refractivity contribution >= 4 is 11.6 Å². The summed E-state index contributed by atoms with van der Waals surface area (Å²) in [7, 11) is 1.55. The molecule has 90 valence electrons. The number of hydrogen-bond acceptors (Lipinski definition) is 3. The first-order valence-electron chi connectivity index (χ1n) is 5.32. The van der Waals surface area contributed by atoms with Gasteiger partial charge in [-0.1, -0.05) is 35.9 Å². The fraction of sp³-hybridized carbons (Fsp3) is 0.154. The van der Waals surface area contributed by atoms with Gasteiger partial charge in [0.25, 0.3) is 5.56 Å². The third-order valence-corrected chi connectivity index (χ3v) is 2.87. The minimum atomic E-state index is -0.212. The lowest BCUT2D eigenvalue weighted by molar-refractivity contribution is 0.709. The maximum Gasteiger partial charge on any atom is 0.267 e. The smallest absolute Gasteiger partial charge is 0.267 e. The van der Waals surface area contributed by atoms with Gasteiger partial charge in [-0.05, 0) is 11.1 Å². The van der Waals surface area contributed by atoms with Crippen LogP contribution >= 0.6 is 11.6 Å². The molecule has 1 aromatic carbocycles. The number of aromatic nitrogens is 2. The SMILES string of the molecule is Cn1nc(Cl)c(-c2ccc(CC#N)cc2)cc1=O. The van der Waals surface area contributed by atoms with E-state index >= 15 is 0 Å².